The molecule has 0 N–H and O–H groups in total. The van der Waals surface area contributed by atoms with E-state index in [1.165, 1.54) is 33.3 Å². The molecule has 1 aliphatic rings. The van der Waals surface area contributed by atoms with Gasteiger partial charge in [0.15, 0.2) is 5.13 Å². The number of benzene rings is 2. The fourth-order valence-corrected chi connectivity index (χ4v) is 6.68. The third kappa shape index (κ3) is 5.63. The number of fused-ring (bicyclic) bond motifs is 1. The van der Waals surface area contributed by atoms with Crippen LogP contribution in [-0.2, 0) is 27.7 Å². The van der Waals surface area contributed by atoms with Crippen molar-refractivity contribution >= 4 is 42.6 Å². The van der Waals surface area contributed by atoms with Crippen molar-refractivity contribution in [3.63, 3.8) is 0 Å². The third-order valence-electron chi connectivity index (χ3n) is 6.67. The van der Waals surface area contributed by atoms with Gasteiger partial charge in [0.1, 0.15) is 0 Å². The fraction of sp³-hybridized carbons (Fsp3) is 0.321. The molecule has 1 atom stereocenters. The highest BCUT2D eigenvalue weighted by Gasteiger charge is 2.27. The molecule has 38 heavy (non-hydrogen) atoms. The lowest BCUT2D eigenvalue weighted by Crippen LogP contribution is -2.34. The summed E-state index contributed by atoms with van der Waals surface area (Å²) >= 11 is 1.46. The predicted octanol–water partition coefficient (Wildman–Crippen LogP) is 4.90. The van der Waals surface area contributed by atoms with Crippen LogP contribution in [0.1, 0.15) is 41.4 Å². The molecule has 0 radical (unpaired) electrons. The highest BCUT2D eigenvalue weighted by molar-refractivity contribution is 7.89. The number of pyridine rings is 1. The van der Waals surface area contributed by atoms with Gasteiger partial charge in [0.2, 0.25) is 10.0 Å². The van der Waals surface area contributed by atoms with Gasteiger partial charge in [-0.25, -0.2) is 13.4 Å². The summed E-state index contributed by atoms with van der Waals surface area (Å²) in [7, 11) is -2.15. The van der Waals surface area contributed by atoms with Crippen molar-refractivity contribution in [1.29, 1.82) is 0 Å². The van der Waals surface area contributed by atoms with Gasteiger partial charge in [0, 0.05) is 32.0 Å². The minimum Gasteiger partial charge on any atom is -0.377 e. The monoisotopic (exact) mass is 550 g/mol. The Morgan fingerprint density at radius 3 is 2.63 bits per heavy atom. The van der Waals surface area contributed by atoms with Crippen LogP contribution in [0, 0.1) is 0 Å². The number of hydrogen-bond acceptors (Lipinski definition) is 7. The molecular weight excluding hydrogens is 520 g/mol. The normalized spacial score (nSPS) is 15.8. The molecule has 0 saturated carbocycles. The van der Waals surface area contributed by atoms with Crippen molar-refractivity contribution in [2.24, 2.45) is 0 Å². The predicted molar refractivity (Wildman–Crippen MR) is 149 cm³/mol. The lowest BCUT2D eigenvalue weighted by Gasteiger charge is -2.21. The van der Waals surface area contributed by atoms with Crippen molar-refractivity contribution in [2.45, 2.75) is 43.7 Å². The van der Waals surface area contributed by atoms with Gasteiger partial charge in [-0.1, -0.05) is 30.4 Å². The van der Waals surface area contributed by atoms with E-state index in [4.69, 9.17) is 9.72 Å². The number of amides is 1. The number of aryl methyl sites for hydroxylation is 1. The zero-order chi connectivity index (χ0) is 26.7. The second kappa shape index (κ2) is 11.3. The Hall–Kier alpha value is -3.18. The molecule has 1 fully saturated rings. The SMILES string of the molecule is CCc1ccc2nc(N(Cc3ccccn3)C(=O)c3ccc(S(=O)(=O)N(C)CC4CCCO4)cc3)sc2c1. The van der Waals surface area contributed by atoms with Crippen LogP contribution in [-0.4, -0.2) is 54.9 Å². The minimum atomic E-state index is -3.71. The summed E-state index contributed by atoms with van der Waals surface area (Å²) in [6.07, 6.45) is 4.32. The number of ether oxygens (including phenoxy) is 1. The van der Waals surface area contributed by atoms with E-state index in [1.54, 1.807) is 30.3 Å². The maximum Gasteiger partial charge on any atom is 0.260 e. The van der Waals surface area contributed by atoms with E-state index in [-0.39, 0.29) is 23.5 Å². The van der Waals surface area contributed by atoms with Gasteiger partial charge in [-0.15, -0.1) is 0 Å². The van der Waals surface area contributed by atoms with E-state index in [1.807, 2.05) is 30.3 Å². The standard InChI is InChI=1S/C28H30N4O4S2/c1-3-20-9-14-25-26(17-20)37-28(30-25)32(18-22-7-4-5-15-29-22)27(33)21-10-12-24(13-11-21)38(34,35)31(2)19-23-8-6-16-36-23/h4-5,7,9-15,17,23H,3,6,8,16,18-19H2,1-2H3. The maximum absolute atomic E-state index is 13.8. The number of nitrogens with zero attached hydrogens (tertiary/aromatic N) is 4. The van der Waals surface area contributed by atoms with E-state index in [9.17, 15) is 13.2 Å². The van der Waals surface area contributed by atoms with E-state index in [0.29, 0.717) is 23.8 Å². The minimum absolute atomic E-state index is 0.0852. The highest BCUT2D eigenvalue weighted by Crippen LogP contribution is 2.32. The molecule has 5 rings (SSSR count). The first-order valence-electron chi connectivity index (χ1n) is 12.6. The number of thiazole rings is 1. The maximum atomic E-state index is 13.8. The summed E-state index contributed by atoms with van der Waals surface area (Å²) in [5.74, 6) is -0.276. The summed E-state index contributed by atoms with van der Waals surface area (Å²) in [5.41, 5.74) is 3.13. The van der Waals surface area contributed by atoms with Crippen molar-refractivity contribution in [2.75, 3.05) is 25.1 Å². The lowest BCUT2D eigenvalue weighted by molar-refractivity contribution is 0.0978. The van der Waals surface area contributed by atoms with Gasteiger partial charge in [0.05, 0.1) is 33.5 Å². The molecule has 3 heterocycles. The first-order chi connectivity index (χ1) is 18.3. The quantitative estimate of drug-likeness (QED) is 0.294. The van der Waals surface area contributed by atoms with Gasteiger partial charge in [-0.05, 0) is 73.4 Å². The molecule has 198 valence electrons. The number of carbonyl (C=O) groups excluding carboxylic acids is 1. The Balaban J connectivity index is 1.42. The summed E-state index contributed by atoms with van der Waals surface area (Å²) in [4.78, 5) is 24.6. The molecule has 1 aliphatic heterocycles. The summed E-state index contributed by atoms with van der Waals surface area (Å²) in [6.45, 7) is 3.31. The van der Waals surface area contributed by atoms with Crippen LogP contribution in [0.5, 0.6) is 0 Å². The van der Waals surface area contributed by atoms with Gasteiger partial charge < -0.3 is 4.74 Å². The smallest absolute Gasteiger partial charge is 0.260 e. The Bertz CT molecular complexity index is 1520. The Morgan fingerprint density at radius 2 is 1.95 bits per heavy atom. The van der Waals surface area contributed by atoms with Crippen LogP contribution in [0.4, 0.5) is 5.13 Å². The average Bonchev–Trinajstić information content (AvgIpc) is 3.61. The van der Waals surface area contributed by atoms with E-state index in [0.717, 1.165) is 35.2 Å². The van der Waals surface area contributed by atoms with E-state index in [2.05, 4.69) is 18.0 Å². The molecule has 0 bridgehead atoms. The van der Waals surface area contributed by atoms with Gasteiger partial charge in [-0.3, -0.25) is 14.7 Å². The molecule has 0 spiro atoms. The molecular formula is C28H30N4O4S2. The highest BCUT2D eigenvalue weighted by atomic mass is 32.2. The molecule has 2 aromatic carbocycles. The molecule has 10 heteroatoms. The summed E-state index contributed by atoms with van der Waals surface area (Å²) < 4.78 is 34.1. The van der Waals surface area contributed by atoms with Crippen LogP contribution in [0.15, 0.2) is 71.8 Å². The molecule has 1 unspecified atom stereocenters. The second-order valence-corrected chi connectivity index (χ2v) is 12.4. The van der Waals surface area contributed by atoms with E-state index >= 15 is 0 Å². The third-order valence-corrected chi connectivity index (χ3v) is 9.55. The number of likely N-dealkylation sites (N-methyl/N-ethyl adjacent to an activating group) is 1. The largest absolute Gasteiger partial charge is 0.377 e. The zero-order valence-corrected chi connectivity index (χ0v) is 23.0. The molecule has 1 saturated heterocycles. The molecule has 8 nitrogen and oxygen atoms in total. The Labute approximate surface area is 227 Å². The number of anilines is 1. The number of aromatic nitrogens is 2. The fourth-order valence-electron chi connectivity index (χ4n) is 4.45. The first-order valence-corrected chi connectivity index (χ1v) is 14.9. The average molecular weight is 551 g/mol. The summed E-state index contributed by atoms with van der Waals surface area (Å²) in [5, 5.41) is 0.567. The number of carbonyl (C=O) groups is 1. The Kier molecular flexibility index (Phi) is 7.85. The van der Waals surface area contributed by atoms with Crippen LogP contribution < -0.4 is 4.90 Å². The first kappa shape index (κ1) is 26.4. The van der Waals surface area contributed by atoms with Gasteiger partial charge >= 0.3 is 0 Å². The van der Waals surface area contributed by atoms with Crippen LogP contribution >= 0.6 is 11.3 Å². The Morgan fingerprint density at radius 1 is 1.13 bits per heavy atom. The lowest BCUT2D eigenvalue weighted by atomic mass is 10.2. The van der Waals surface area contributed by atoms with Crippen LogP contribution in [0.25, 0.3) is 10.2 Å². The van der Waals surface area contributed by atoms with Crippen molar-refractivity contribution in [3.05, 3.63) is 83.7 Å². The van der Waals surface area contributed by atoms with Crippen LogP contribution in [0.3, 0.4) is 0 Å². The van der Waals surface area contributed by atoms with Crippen molar-refractivity contribution in [1.82, 2.24) is 14.3 Å². The molecule has 1 amide bonds. The number of hydrogen-bond donors (Lipinski definition) is 0. The van der Waals surface area contributed by atoms with Gasteiger partial charge in [-0.2, -0.15) is 4.31 Å². The number of rotatable bonds is 9. The second-order valence-electron chi connectivity index (χ2n) is 9.31. The van der Waals surface area contributed by atoms with Gasteiger partial charge in [0.25, 0.3) is 5.91 Å². The van der Waals surface area contributed by atoms with E-state index < -0.39 is 10.0 Å². The topological polar surface area (TPSA) is 92.7 Å². The molecule has 2 aromatic heterocycles. The van der Waals surface area contributed by atoms with Crippen LogP contribution in [0.2, 0.25) is 0 Å². The molecule has 0 aliphatic carbocycles. The van der Waals surface area contributed by atoms with Crippen molar-refractivity contribution in [3.8, 4) is 0 Å². The molecule has 4 aromatic rings. The zero-order valence-electron chi connectivity index (χ0n) is 21.4. The number of sulfonamides is 1. The summed E-state index contributed by atoms with van der Waals surface area (Å²) in [6, 6.07) is 17.8. The van der Waals surface area contributed by atoms with Crippen molar-refractivity contribution < 1.29 is 17.9 Å².